The molecule has 116 valence electrons. The summed E-state index contributed by atoms with van der Waals surface area (Å²) in [6.45, 7) is 12.5. The molecule has 4 heteroatoms. The van der Waals surface area contributed by atoms with Crippen molar-refractivity contribution in [1.82, 2.24) is 14.4 Å². The van der Waals surface area contributed by atoms with Gasteiger partial charge >= 0.3 is 0 Å². The van der Waals surface area contributed by atoms with Gasteiger partial charge in [0, 0.05) is 38.9 Å². The Hall–Kier alpha value is -1.03. The van der Waals surface area contributed by atoms with Crippen molar-refractivity contribution in [3.05, 3.63) is 36.0 Å². The maximum atomic E-state index is 2.60. The number of hydrogen-bond acceptors (Lipinski definition) is 2. The number of hydrogen-bond donors (Lipinski definition) is 0. The number of rotatable bonds is 5. The third kappa shape index (κ3) is 3.42. The molecule has 3 nitrogen and oxygen atoms in total. The normalized spacial score (nSPS) is 15.2. The Morgan fingerprint density at radius 3 is 2.67 bits per heavy atom. The number of benzene rings is 1. The predicted octanol–water partition coefficient (Wildman–Crippen LogP) is 3.22. The van der Waals surface area contributed by atoms with Crippen molar-refractivity contribution >= 4 is 23.3 Å². The fourth-order valence-corrected chi connectivity index (χ4v) is 3.24. The van der Waals surface area contributed by atoms with Crippen LogP contribution in [0.1, 0.15) is 19.4 Å². The van der Waals surface area contributed by atoms with E-state index in [1.54, 1.807) is 0 Å². The minimum atomic E-state index is 0. The monoisotopic (exact) mass is 307 g/mol. The summed E-state index contributed by atoms with van der Waals surface area (Å²) in [6.07, 6.45) is 2.24. The van der Waals surface area contributed by atoms with Gasteiger partial charge in [-0.1, -0.05) is 32.0 Å². The van der Waals surface area contributed by atoms with Crippen LogP contribution in [0, 0.1) is 0 Å². The highest BCUT2D eigenvalue weighted by Gasteiger charge is 2.16. The van der Waals surface area contributed by atoms with Crippen LogP contribution in [0.4, 0.5) is 0 Å². The third-order valence-corrected chi connectivity index (χ3v) is 4.55. The fraction of sp³-hybridized carbons (Fsp3) is 0.529. The lowest BCUT2D eigenvalue weighted by Gasteiger charge is -2.25. The average molecular weight is 308 g/mol. The van der Waals surface area contributed by atoms with E-state index >= 15 is 0 Å². The summed E-state index contributed by atoms with van der Waals surface area (Å²) < 4.78 is 2.42. The van der Waals surface area contributed by atoms with Crippen LogP contribution in [0.15, 0.2) is 30.5 Å². The molecule has 0 unspecified atom stereocenters. The SMILES string of the molecule is CCN(CC)CCN1CCn2ccc3cccc(c32)C1.Cl. The molecule has 1 aliphatic heterocycles. The van der Waals surface area contributed by atoms with E-state index in [-0.39, 0.29) is 12.4 Å². The van der Waals surface area contributed by atoms with E-state index in [1.807, 2.05) is 0 Å². The number of likely N-dealkylation sites (N-methyl/N-ethyl adjacent to an activating group) is 1. The topological polar surface area (TPSA) is 11.4 Å². The molecule has 1 aromatic carbocycles. The van der Waals surface area contributed by atoms with Gasteiger partial charge in [-0.05, 0) is 30.1 Å². The van der Waals surface area contributed by atoms with Crippen LogP contribution < -0.4 is 0 Å². The summed E-state index contributed by atoms with van der Waals surface area (Å²) in [4.78, 5) is 5.10. The van der Waals surface area contributed by atoms with Crippen molar-refractivity contribution in [2.24, 2.45) is 0 Å². The van der Waals surface area contributed by atoms with Crippen molar-refractivity contribution in [2.45, 2.75) is 26.9 Å². The number of halogens is 1. The first kappa shape index (κ1) is 16.3. The zero-order valence-corrected chi connectivity index (χ0v) is 13.9. The van der Waals surface area contributed by atoms with Gasteiger partial charge in [0.2, 0.25) is 0 Å². The first-order valence-electron chi connectivity index (χ1n) is 7.83. The fourth-order valence-electron chi connectivity index (χ4n) is 3.24. The molecule has 0 saturated heterocycles. The first-order valence-corrected chi connectivity index (χ1v) is 7.83. The molecule has 2 heterocycles. The molecule has 0 spiro atoms. The van der Waals surface area contributed by atoms with Crippen LogP contribution in [0.25, 0.3) is 10.9 Å². The second-order valence-electron chi connectivity index (χ2n) is 5.67. The van der Waals surface area contributed by atoms with Gasteiger partial charge in [0.05, 0.1) is 5.52 Å². The van der Waals surface area contributed by atoms with Gasteiger partial charge in [-0.25, -0.2) is 0 Å². The Morgan fingerprint density at radius 2 is 1.90 bits per heavy atom. The molecule has 2 aromatic rings. The molecule has 1 aliphatic rings. The third-order valence-electron chi connectivity index (χ3n) is 4.55. The van der Waals surface area contributed by atoms with E-state index in [0.29, 0.717) is 0 Å². The molecule has 0 aliphatic carbocycles. The van der Waals surface area contributed by atoms with Gasteiger partial charge in [0.25, 0.3) is 0 Å². The molecular weight excluding hydrogens is 282 g/mol. The number of para-hydroxylation sites is 1. The molecule has 0 saturated carbocycles. The summed E-state index contributed by atoms with van der Waals surface area (Å²) in [5.41, 5.74) is 2.92. The largest absolute Gasteiger partial charge is 0.346 e. The van der Waals surface area contributed by atoms with Crippen LogP contribution in [0.5, 0.6) is 0 Å². The van der Waals surface area contributed by atoms with Gasteiger partial charge in [-0.3, -0.25) is 4.90 Å². The van der Waals surface area contributed by atoms with Crippen LogP contribution in [0.3, 0.4) is 0 Å². The lowest BCUT2D eigenvalue weighted by molar-refractivity contribution is 0.207. The van der Waals surface area contributed by atoms with Gasteiger partial charge in [-0.2, -0.15) is 0 Å². The molecule has 0 bridgehead atoms. The molecule has 0 fully saturated rings. The second kappa shape index (κ2) is 7.30. The van der Waals surface area contributed by atoms with Crippen LogP contribution in [-0.4, -0.2) is 47.1 Å². The minimum absolute atomic E-state index is 0. The summed E-state index contributed by atoms with van der Waals surface area (Å²) in [5.74, 6) is 0. The van der Waals surface area contributed by atoms with Crippen molar-refractivity contribution in [1.29, 1.82) is 0 Å². The van der Waals surface area contributed by atoms with E-state index in [9.17, 15) is 0 Å². The number of nitrogens with zero attached hydrogens (tertiary/aromatic N) is 3. The van der Waals surface area contributed by atoms with E-state index in [1.165, 1.54) is 29.6 Å². The zero-order chi connectivity index (χ0) is 13.9. The lowest BCUT2D eigenvalue weighted by atomic mass is 10.1. The molecular formula is C17H26ClN3. The molecule has 1 aromatic heterocycles. The van der Waals surface area contributed by atoms with Crippen LogP contribution in [-0.2, 0) is 13.1 Å². The molecule has 0 atom stereocenters. The first-order chi connectivity index (χ1) is 9.81. The van der Waals surface area contributed by atoms with E-state index in [0.717, 1.165) is 32.7 Å². The Balaban J connectivity index is 0.00000161. The van der Waals surface area contributed by atoms with Gasteiger partial charge in [0.15, 0.2) is 0 Å². The Bertz CT molecular complexity index is 574. The smallest absolute Gasteiger partial charge is 0.0526 e. The van der Waals surface area contributed by atoms with Gasteiger partial charge in [0.1, 0.15) is 0 Å². The van der Waals surface area contributed by atoms with Gasteiger partial charge in [-0.15, -0.1) is 12.4 Å². The molecule has 3 rings (SSSR count). The van der Waals surface area contributed by atoms with Crippen LogP contribution in [0.2, 0.25) is 0 Å². The highest BCUT2D eigenvalue weighted by Crippen LogP contribution is 2.24. The molecule has 0 radical (unpaired) electrons. The minimum Gasteiger partial charge on any atom is -0.346 e. The molecule has 21 heavy (non-hydrogen) atoms. The molecule has 0 N–H and O–H groups in total. The standard InChI is InChI=1S/C17H25N3.ClH/c1-3-18(4-2)10-11-19-12-13-20-9-8-15-6-5-7-16(14-19)17(15)20;/h5-9H,3-4,10-14H2,1-2H3;1H. The van der Waals surface area contributed by atoms with Crippen molar-refractivity contribution < 1.29 is 0 Å². The van der Waals surface area contributed by atoms with Crippen molar-refractivity contribution in [2.75, 3.05) is 32.7 Å². The quantitative estimate of drug-likeness (QED) is 0.840. The Morgan fingerprint density at radius 1 is 1.10 bits per heavy atom. The maximum absolute atomic E-state index is 2.60. The van der Waals surface area contributed by atoms with E-state index in [4.69, 9.17) is 0 Å². The summed E-state index contributed by atoms with van der Waals surface area (Å²) >= 11 is 0. The Kier molecular flexibility index (Phi) is 5.68. The molecule has 0 amide bonds. The average Bonchev–Trinajstić information content (AvgIpc) is 2.80. The van der Waals surface area contributed by atoms with Crippen molar-refractivity contribution in [3.63, 3.8) is 0 Å². The highest BCUT2D eigenvalue weighted by molar-refractivity contribution is 5.85. The van der Waals surface area contributed by atoms with E-state index < -0.39 is 0 Å². The summed E-state index contributed by atoms with van der Waals surface area (Å²) in [6, 6.07) is 8.94. The highest BCUT2D eigenvalue weighted by atomic mass is 35.5. The van der Waals surface area contributed by atoms with E-state index in [2.05, 4.69) is 58.7 Å². The van der Waals surface area contributed by atoms with Gasteiger partial charge < -0.3 is 9.47 Å². The maximum Gasteiger partial charge on any atom is 0.0526 e. The summed E-state index contributed by atoms with van der Waals surface area (Å²) in [5, 5.41) is 1.38. The van der Waals surface area contributed by atoms with Crippen LogP contribution >= 0.6 is 12.4 Å². The second-order valence-corrected chi connectivity index (χ2v) is 5.67. The van der Waals surface area contributed by atoms with Crippen molar-refractivity contribution in [3.8, 4) is 0 Å². The number of aromatic nitrogens is 1. The lowest BCUT2D eigenvalue weighted by Crippen LogP contribution is -2.35. The zero-order valence-electron chi connectivity index (χ0n) is 13.1. The summed E-state index contributed by atoms with van der Waals surface area (Å²) in [7, 11) is 0. The predicted molar refractivity (Wildman–Crippen MR) is 92.3 cm³/mol. The Labute approximate surface area is 133 Å².